The number of nitrogens with zero attached hydrogens (tertiary/aromatic N) is 1. The number of hydrogen-bond donors (Lipinski definition) is 2. The molecule has 23 heavy (non-hydrogen) atoms. The number of thioether (sulfide) groups is 1. The molecule has 122 valence electrons. The number of nitrogens with one attached hydrogen (secondary N) is 1. The van der Waals surface area contributed by atoms with Crippen molar-refractivity contribution in [3.05, 3.63) is 45.9 Å². The van der Waals surface area contributed by atoms with Crippen molar-refractivity contribution in [1.29, 1.82) is 0 Å². The SMILES string of the molecule is NCc1nc(C(=O)Nc2cccc(CSC3CCCC3)c2)cs1. The Morgan fingerprint density at radius 3 is 2.96 bits per heavy atom. The molecule has 0 unspecified atom stereocenters. The van der Waals surface area contributed by atoms with E-state index in [1.165, 1.54) is 42.6 Å². The zero-order valence-electron chi connectivity index (χ0n) is 13.0. The molecule has 1 fully saturated rings. The summed E-state index contributed by atoms with van der Waals surface area (Å²) < 4.78 is 0. The molecule has 1 saturated carbocycles. The molecule has 3 N–H and O–H groups in total. The van der Waals surface area contributed by atoms with Gasteiger partial charge in [0.1, 0.15) is 10.7 Å². The third-order valence-corrected chi connectivity index (χ3v) is 6.25. The van der Waals surface area contributed by atoms with Crippen molar-refractivity contribution >= 4 is 34.7 Å². The van der Waals surface area contributed by atoms with Gasteiger partial charge in [0, 0.05) is 28.6 Å². The van der Waals surface area contributed by atoms with E-state index in [0.29, 0.717) is 12.2 Å². The first-order chi connectivity index (χ1) is 11.2. The van der Waals surface area contributed by atoms with Crippen molar-refractivity contribution in [3.8, 4) is 0 Å². The average Bonchev–Trinajstić information content (AvgIpc) is 3.25. The van der Waals surface area contributed by atoms with E-state index in [9.17, 15) is 4.79 Å². The molecular weight excluding hydrogens is 326 g/mol. The Kier molecular flexibility index (Phi) is 5.70. The summed E-state index contributed by atoms with van der Waals surface area (Å²) in [7, 11) is 0. The highest BCUT2D eigenvalue weighted by atomic mass is 32.2. The van der Waals surface area contributed by atoms with E-state index in [1.54, 1.807) is 5.38 Å². The second-order valence-electron chi connectivity index (χ2n) is 5.70. The fourth-order valence-electron chi connectivity index (χ4n) is 2.71. The van der Waals surface area contributed by atoms with E-state index in [4.69, 9.17) is 5.73 Å². The lowest BCUT2D eigenvalue weighted by atomic mass is 10.2. The Morgan fingerprint density at radius 1 is 1.39 bits per heavy atom. The van der Waals surface area contributed by atoms with E-state index < -0.39 is 0 Å². The zero-order valence-corrected chi connectivity index (χ0v) is 14.6. The number of aromatic nitrogens is 1. The van der Waals surface area contributed by atoms with Crippen LogP contribution in [0.2, 0.25) is 0 Å². The molecule has 0 radical (unpaired) electrons. The van der Waals surface area contributed by atoms with E-state index >= 15 is 0 Å². The molecule has 1 aromatic carbocycles. The highest BCUT2D eigenvalue weighted by molar-refractivity contribution is 7.99. The molecule has 0 saturated heterocycles. The summed E-state index contributed by atoms with van der Waals surface area (Å²) in [5, 5.41) is 6.25. The van der Waals surface area contributed by atoms with Gasteiger partial charge in [0.15, 0.2) is 0 Å². The van der Waals surface area contributed by atoms with E-state index in [1.807, 2.05) is 23.9 Å². The van der Waals surface area contributed by atoms with Crippen LogP contribution in [0.1, 0.15) is 46.7 Å². The number of amides is 1. The highest BCUT2D eigenvalue weighted by Crippen LogP contribution is 2.31. The molecule has 1 aliphatic carbocycles. The van der Waals surface area contributed by atoms with Gasteiger partial charge in [-0.3, -0.25) is 4.79 Å². The van der Waals surface area contributed by atoms with Gasteiger partial charge in [-0.25, -0.2) is 4.98 Å². The van der Waals surface area contributed by atoms with Crippen LogP contribution in [0.5, 0.6) is 0 Å². The Bertz CT molecular complexity index is 665. The van der Waals surface area contributed by atoms with Crippen LogP contribution >= 0.6 is 23.1 Å². The number of rotatable bonds is 6. The molecule has 0 spiro atoms. The van der Waals surface area contributed by atoms with Crippen LogP contribution in [-0.4, -0.2) is 16.1 Å². The Labute approximate surface area is 144 Å². The first-order valence-electron chi connectivity index (χ1n) is 7.91. The molecule has 0 atom stereocenters. The van der Waals surface area contributed by atoms with Crippen LogP contribution in [0.3, 0.4) is 0 Å². The minimum atomic E-state index is -0.179. The number of carbonyl (C=O) groups is 1. The molecular formula is C17H21N3OS2. The standard InChI is InChI=1S/C17H21N3OS2/c18-9-16-20-15(11-23-16)17(21)19-13-5-3-4-12(8-13)10-22-14-6-1-2-7-14/h3-5,8,11,14H,1-2,6-7,9-10,18H2,(H,19,21). The van der Waals surface area contributed by atoms with Gasteiger partial charge in [-0.05, 0) is 30.5 Å². The molecule has 1 aliphatic rings. The molecule has 1 aromatic heterocycles. The predicted molar refractivity (Wildman–Crippen MR) is 98.0 cm³/mol. The van der Waals surface area contributed by atoms with E-state index in [-0.39, 0.29) is 5.91 Å². The van der Waals surface area contributed by atoms with Crippen molar-refractivity contribution < 1.29 is 4.79 Å². The summed E-state index contributed by atoms with van der Waals surface area (Å²) in [6, 6.07) is 8.08. The lowest BCUT2D eigenvalue weighted by Gasteiger charge is -2.10. The van der Waals surface area contributed by atoms with Crippen molar-refractivity contribution in [1.82, 2.24) is 4.98 Å². The summed E-state index contributed by atoms with van der Waals surface area (Å²) in [6.07, 6.45) is 5.42. The number of thiazole rings is 1. The van der Waals surface area contributed by atoms with Gasteiger partial charge in [0.25, 0.3) is 5.91 Å². The lowest BCUT2D eigenvalue weighted by molar-refractivity contribution is 0.102. The van der Waals surface area contributed by atoms with Gasteiger partial charge in [-0.1, -0.05) is 25.0 Å². The largest absolute Gasteiger partial charge is 0.325 e. The molecule has 1 heterocycles. The van der Waals surface area contributed by atoms with Gasteiger partial charge in [0.2, 0.25) is 0 Å². The third kappa shape index (κ3) is 4.56. The topological polar surface area (TPSA) is 68.0 Å². The molecule has 4 nitrogen and oxygen atoms in total. The van der Waals surface area contributed by atoms with Crippen LogP contribution in [0.25, 0.3) is 0 Å². The van der Waals surface area contributed by atoms with Crippen LogP contribution < -0.4 is 11.1 Å². The zero-order chi connectivity index (χ0) is 16.1. The lowest BCUT2D eigenvalue weighted by Crippen LogP contribution is -2.12. The minimum absolute atomic E-state index is 0.179. The van der Waals surface area contributed by atoms with Gasteiger partial charge in [-0.15, -0.1) is 11.3 Å². The van der Waals surface area contributed by atoms with E-state index in [2.05, 4.69) is 22.4 Å². The van der Waals surface area contributed by atoms with Crippen LogP contribution in [0.4, 0.5) is 5.69 Å². The molecule has 0 bridgehead atoms. The summed E-state index contributed by atoms with van der Waals surface area (Å²) in [6.45, 7) is 0.367. The summed E-state index contributed by atoms with van der Waals surface area (Å²) >= 11 is 3.44. The number of nitrogens with two attached hydrogens (primary N) is 1. The first kappa shape index (κ1) is 16.5. The summed E-state index contributed by atoms with van der Waals surface area (Å²) in [4.78, 5) is 16.4. The normalized spacial score (nSPS) is 15.0. The van der Waals surface area contributed by atoms with Crippen LogP contribution in [0.15, 0.2) is 29.6 Å². The van der Waals surface area contributed by atoms with Gasteiger partial charge in [-0.2, -0.15) is 11.8 Å². The number of carbonyl (C=O) groups excluding carboxylic acids is 1. The Balaban J connectivity index is 1.59. The Morgan fingerprint density at radius 2 is 2.22 bits per heavy atom. The van der Waals surface area contributed by atoms with Gasteiger partial charge < -0.3 is 11.1 Å². The number of anilines is 1. The fourth-order valence-corrected chi connectivity index (χ4v) is 4.64. The predicted octanol–water partition coefficient (Wildman–Crippen LogP) is 4.03. The average molecular weight is 348 g/mol. The first-order valence-corrected chi connectivity index (χ1v) is 9.84. The monoisotopic (exact) mass is 347 g/mol. The van der Waals surface area contributed by atoms with Crippen molar-refractivity contribution in [2.75, 3.05) is 5.32 Å². The molecule has 1 amide bonds. The maximum Gasteiger partial charge on any atom is 0.275 e. The highest BCUT2D eigenvalue weighted by Gasteiger charge is 2.15. The minimum Gasteiger partial charge on any atom is -0.325 e. The van der Waals surface area contributed by atoms with Gasteiger partial charge in [0.05, 0.1) is 0 Å². The summed E-state index contributed by atoms with van der Waals surface area (Å²) in [5.41, 5.74) is 8.04. The maximum atomic E-state index is 12.2. The van der Waals surface area contributed by atoms with Crippen LogP contribution in [-0.2, 0) is 12.3 Å². The smallest absolute Gasteiger partial charge is 0.275 e. The second-order valence-corrected chi connectivity index (χ2v) is 7.93. The maximum absolute atomic E-state index is 12.2. The third-order valence-electron chi connectivity index (χ3n) is 3.93. The molecule has 6 heteroatoms. The number of hydrogen-bond acceptors (Lipinski definition) is 5. The van der Waals surface area contributed by atoms with Gasteiger partial charge >= 0.3 is 0 Å². The van der Waals surface area contributed by atoms with Crippen LogP contribution in [0, 0.1) is 0 Å². The molecule has 2 aromatic rings. The fraction of sp³-hybridized carbons (Fsp3) is 0.412. The molecule has 3 rings (SSSR count). The van der Waals surface area contributed by atoms with Crippen molar-refractivity contribution in [3.63, 3.8) is 0 Å². The number of benzene rings is 1. The second kappa shape index (κ2) is 7.95. The van der Waals surface area contributed by atoms with E-state index in [0.717, 1.165) is 21.7 Å². The quantitative estimate of drug-likeness (QED) is 0.828. The Hall–Kier alpha value is -1.37. The summed E-state index contributed by atoms with van der Waals surface area (Å²) in [5.74, 6) is 0.823. The van der Waals surface area contributed by atoms with Crippen molar-refractivity contribution in [2.24, 2.45) is 5.73 Å². The molecule has 0 aliphatic heterocycles. The van der Waals surface area contributed by atoms with Crippen molar-refractivity contribution in [2.45, 2.75) is 43.2 Å².